The van der Waals surface area contributed by atoms with Gasteiger partial charge in [0.15, 0.2) is 0 Å². The van der Waals surface area contributed by atoms with Crippen LogP contribution in [0.3, 0.4) is 0 Å². The zero-order valence-electron chi connectivity index (χ0n) is 18.8. The molecule has 2 amide bonds. The number of carbonyl (C=O) groups is 1. The Morgan fingerprint density at radius 3 is 2.41 bits per heavy atom. The largest absolute Gasteiger partial charge is 0.326 e. The normalized spacial score (nSPS) is 12.6. The van der Waals surface area contributed by atoms with Gasteiger partial charge < -0.3 is 0 Å². The lowest BCUT2D eigenvalue weighted by Gasteiger charge is -2.13. The third-order valence-corrected chi connectivity index (χ3v) is 6.26. The number of rotatable bonds is 4. The molecule has 7 heteroatoms. The van der Waals surface area contributed by atoms with Crippen LogP contribution < -0.4 is 10.6 Å². The van der Waals surface area contributed by atoms with Crippen LogP contribution in [0.15, 0.2) is 79.0 Å². The number of nitrogens with zero attached hydrogens (tertiary/aromatic N) is 4. The molecule has 0 fully saturated rings. The van der Waals surface area contributed by atoms with Crippen LogP contribution in [-0.2, 0) is 12.8 Å². The summed E-state index contributed by atoms with van der Waals surface area (Å²) in [5, 5.41) is 11.0. The summed E-state index contributed by atoms with van der Waals surface area (Å²) in [5.74, 6) is 1.35. The maximum absolute atomic E-state index is 13.4. The molecule has 0 spiro atoms. The number of aromatic nitrogens is 4. The molecule has 7 nitrogen and oxygen atoms in total. The van der Waals surface area contributed by atoms with Gasteiger partial charge in [-0.05, 0) is 49.9 Å². The van der Waals surface area contributed by atoms with E-state index < -0.39 is 0 Å². The van der Waals surface area contributed by atoms with Crippen molar-refractivity contribution < 1.29 is 4.79 Å². The van der Waals surface area contributed by atoms with Gasteiger partial charge in [-0.2, -0.15) is 5.10 Å². The van der Waals surface area contributed by atoms with Crippen LogP contribution in [0.1, 0.15) is 23.2 Å². The minimum Gasteiger partial charge on any atom is -0.292 e. The predicted octanol–water partition coefficient (Wildman–Crippen LogP) is 5.63. The summed E-state index contributed by atoms with van der Waals surface area (Å²) in [7, 11) is 0. The van der Waals surface area contributed by atoms with Crippen molar-refractivity contribution in [2.75, 3.05) is 10.6 Å². The molecule has 3 heterocycles. The van der Waals surface area contributed by atoms with E-state index in [4.69, 9.17) is 10.1 Å². The summed E-state index contributed by atoms with van der Waals surface area (Å²) in [6.07, 6.45) is 4.80. The van der Waals surface area contributed by atoms with E-state index in [2.05, 4.69) is 10.6 Å². The van der Waals surface area contributed by atoms with E-state index in [1.807, 2.05) is 95.0 Å². The molecule has 0 atom stereocenters. The second-order valence-electron chi connectivity index (χ2n) is 8.51. The monoisotopic (exact) mass is 448 g/mol. The number of anilines is 2. The molecule has 0 bridgehead atoms. The van der Waals surface area contributed by atoms with Gasteiger partial charge in [-0.15, -0.1) is 0 Å². The Morgan fingerprint density at radius 2 is 1.62 bits per heavy atom. The molecule has 0 aliphatic heterocycles. The van der Waals surface area contributed by atoms with Gasteiger partial charge >= 0.3 is 6.03 Å². The number of aryl methyl sites for hydroxylation is 2. The van der Waals surface area contributed by atoms with E-state index in [1.54, 1.807) is 0 Å². The van der Waals surface area contributed by atoms with Crippen molar-refractivity contribution in [3.63, 3.8) is 0 Å². The molecule has 3 aromatic heterocycles. The fourth-order valence-corrected chi connectivity index (χ4v) is 4.64. The minimum atomic E-state index is -0.327. The first kappa shape index (κ1) is 20.2. The fraction of sp³-hybridized carbons (Fsp3) is 0.148. The molecule has 1 aliphatic carbocycles. The van der Waals surface area contributed by atoms with E-state index in [-0.39, 0.29) is 6.03 Å². The Labute approximate surface area is 197 Å². The van der Waals surface area contributed by atoms with Crippen LogP contribution >= 0.6 is 0 Å². The summed E-state index contributed by atoms with van der Waals surface area (Å²) in [5.41, 5.74) is 6.59. The number of urea groups is 1. The Hall–Kier alpha value is -4.39. The van der Waals surface area contributed by atoms with Gasteiger partial charge in [0.05, 0.1) is 11.4 Å². The second-order valence-corrected chi connectivity index (χ2v) is 8.51. The van der Waals surface area contributed by atoms with Crippen molar-refractivity contribution in [3.8, 4) is 16.9 Å². The average molecular weight is 449 g/mol. The number of para-hydroxylation sites is 1. The molecule has 6 rings (SSSR count). The number of imidazole rings is 1. The van der Waals surface area contributed by atoms with Crippen molar-refractivity contribution in [2.24, 2.45) is 0 Å². The number of hydrogen-bond acceptors (Lipinski definition) is 3. The zero-order chi connectivity index (χ0) is 23.1. The van der Waals surface area contributed by atoms with E-state index in [0.717, 1.165) is 64.5 Å². The van der Waals surface area contributed by atoms with Crippen molar-refractivity contribution in [2.45, 2.75) is 26.2 Å². The van der Waals surface area contributed by atoms with Crippen LogP contribution in [0.5, 0.6) is 0 Å². The summed E-state index contributed by atoms with van der Waals surface area (Å²) in [4.78, 5) is 18.2. The quantitative estimate of drug-likeness (QED) is 0.374. The molecular formula is C27H24N6O. The van der Waals surface area contributed by atoms with Gasteiger partial charge in [0.25, 0.3) is 0 Å². The lowest BCUT2D eigenvalue weighted by Crippen LogP contribution is -2.23. The highest BCUT2D eigenvalue weighted by atomic mass is 16.2. The number of amides is 2. The Morgan fingerprint density at radius 1 is 0.882 bits per heavy atom. The molecule has 2 aromatic carbocycles. The summed E-state index contributed by atoms with van der Waals surface area (Å²) in [6.45, 7) is 2.02. The van der Waals surface area contributed by atoms with Gasteiger partial charge in [0, 0.05) is 17.3 Å². The minimum absolute atomic E-state index is 0.327. The fourth-order valence-electron chi connectivity index (χ4n) is 4.64. The van der Waals surface area contributed by atoms with Crippen LogP contribution in [0.25, 0.3) is 22.6 Å². The first-order chi connectivity index (χ1) is 16.7. The SMILES string of the molecule is Cc1cccn2c(NC(=O)Nc3c4c(nn3-c3ccccc3)CCC4)c(-c3ccccc3)nc12. The molecule has 0 radical (unpaired) electrons. The first-order valence-electron chi connectivity index (χ1n) is 11.5. The molecular weight excluding hydrogens is 424 g/mol. The average Bonchev–Trinajstić information content (AvgIpc) is 3.56. The smallest absolute Gasteiger partial charge is 0.292 e. The van der Waals surface area contributed by atoms with Crippen LogP contribution in [0.4, 0.5) is 16.4 Å². The van der Waals surface area contributed by atoms with E-state index >= 15 is 0 Å². The van der Waals surface area contributed by atoms with Gasteiger partial charge in [-0.1, -0.05) is 54.6 Å². The topological polar surface area (TPSA) is 76.2 Å². The molecule has 1 aliphatic rings. The summed E-state index contributed by atoms with van der Waals surface area (Å²) in [6, 6.07) is 23.4. The molecule has 0 saturated heterocycles. The molecule has 34 heavy (non-hydrogen) atoms. The van der Waals surface area contributed by atoms with Gasteiger partial charge in [0.1, 0.15) is 23.0 Å². The van der Waals surface area contributed by atoms with Crippen molar-refractivity contribution in [3.05, 3.63) is 95.8 Å². The molecule has 168 valence electrons. The number of benzene rings is 2. The number of nitrogens with one attached hydrogen (secondary N) is 2. The number of pyridine rings is 1. The van der Waals surface area contributed by atoms with Crippen molar-refractivity contribution >= 4 is 23.3 Å². The molecule has 0 unspecified atom stereocenters. The first-order valence-corrected chi connectivity index (χ1v) is 11.5. The van der Waals surface area contributed by atoms with Gasteiger partial charge in [0.2, 0.25) is 0 Å². The summed E-state index contributed by atoms with van der Waals surface area (Å²) >= 11 is 0. The standard InChI is InChI=1S/C27H24N6O/c1-18-10-9-17-32-24(18)28-23(19-11-4-2-5-12-19)26(32)30-27(34)29-25-21-15-8-16-22(21)31-33(25)20-13-6-3-7-14-20/h2-7,9-14,17H,8,15-16H2,1H3,(H2,29,30,34). The predicted molar refractivity (Wildman–Crippen MR) is 134 cm³/mol. The van der Waals surface area contributed by atoms with Crippen molar-refractivity contribution in [1.82, 2.24) is 19.2 Å². The third-order valence-electron chi connectivity index (χ3n) is 6.26. The summed E-state index contributed by atoms with van der Waals surface area (Å²) < 4.78 is 3.76. The van der Waals surface area contributed by atoms with Crippen LogP contribution in [0, 0.1) is 6.92 Å². The molecule has 2 N–H and O–H groups in total. The highest BCUT2D eigenvalue weighted by molar-refractivity contribution is 6.02. The highest BCUT2D eigenvalue weighted by Crippen LogP contribution is 2.32. The lowest BCUT2D eigenvalue weighted by molar-refractivity contribution is 0.262. The van der Waals surface area contributed by atoms with E-state index in [0.29, 0.717) is 5.82 Å². The van der Waals surface area contributed by atoms with E-state index in [1.165, 1.54) is 0 Å². The van der Waals surface area contributed by atoms with Crippen LogP contribution in [-0.4, -0.2) is 25.2 Å². The van der Waals surface area contributed by atoms with Gasteiger partial charge in [-0.3, -0.25) is 15.0 Å². The lowest BCUT2D eigenvalue weighted by atomic mass is 10.1. The van der Waals surface area contributed by atoms with E-state index in [9.17, 15) is 4.79 Å². The zero-order valence-corrected chi connectivity index (χ0v) is 18.8. The maximum atomic E-state index is 13.4. The Balaban J connectivity index is 1.39. The Kier molecular flexibility index (Phi) is 4.87. The highest BCUT2D eigenvalue weighted by Gasteiger charge is 2.25. The number of hydrogen-bond donors (Lipinski definition) is 2. The molecule has 0 saturated carbocycles. The van der Waals surface area contributed by atoms with Gasteiger partial charge in [-0.25, -0.2) is 14.5 Å². The second kappa shape index (κ2) is 8.19. The third kappa shape index (κ3) is 3.42. The number of fused-ring (bicyclic) bond motifs is 2. The van der Waals surface area contributed by atoms with Crippen LogP contribution in [0.2, 0.25) is 0 Å². The van der Waals surface area contributed by atoms with Crippen molar-refractivity contribution in [1.29, 1.82) is 0 Å². The number of carbonyl (C=O) groups excluding carboxylic acids is 1. The Bertz CT molecular complexity index is 1500. The maximum Gasteiger partial charge on any atom is 0.326 e. The molecule has 5 aromatic rings.